The van der Waals surface area contributed by atoms with Gasteiger partial charge in [-0.05, 0) is 62.7 Å². The van der Waals surface area contributed by atoms with E-state index >= 15 is 0 Å². The third-order valence-electron chi connectivity index (χ3n) is 6.64. The molecule has 9 nitrogen and oxygen atoms in total. The number of carbonyl (C=O) groups excluding carboxylic acids is 2. The Kier molecular flexibility index (Phi) is 11.0. The van der Waals surface area contributed by atoms with Crippen molar-refractivity contribution in [3.63, 3.8) is 0 Å². The normalized spacial score (nSPS) is 13.6. The highest BCUT2D eigenvalue weighted by molar-refractivity contribution is 6.04. The number of piperidine rings is 1. The fourth-order valence-corrected chi connectivity index (χ4v) is 4.51. The van der Waals surface area contributed by atoms with E-state index in [-0.39, 0.29) is 11.8 Å². The molecule has 0 saturated carbocycles. The molecule has 0 bridgehead atoms. The molecule has 3 aromatic rings. The zero-order valence-electron chi connectivity index (χ0n) is 23.6. The van der Waals surface area contributed by atoms with Gasteiger partial charge in [-0.3, -0.25) is 14.5 Å². The Labute approximate surface area is 242 Å². The molecule has 0 radical (unpaired) electrons. The van der Waals surface area contributed by atoms with Crippen LogP contribution in [0.3, 0.4) is 0 Å². The number of halogens is 3. The number of pyridine rings is 1. The van der Waals surface area contributed by atoms with Crippen LogP contribution in [0.15, 0.2) is 66.9 Å². The van der Waals surface area contributed by atoms with Crippen molar-refractivity contribution in [1.82, 2.24) is 9.88 Å². The van der Waals surface area contributed by atoms with Crippen LogP contribution in [-0.2, 0) is 16.1 Å². The van der Waals surface area contributed by atoms with Gasteiger partial charge in [-0.25, -0.2) is 9.78 Å². The molecule has 4 rings (SSSR count). The van der Waals surface area contributed by atoms with Crippen LogP contribution < -0.4 is 15.5 Å². The van der Waals surface area contributed by atoms with Gasteiger partial charge in [0.2, 0.25) is 5.91 Å². The molecule has 12 heteroatoms. The minimum Gasteiger partial charge on any atom is -0.475 e. The number of anilines is 3. The van der Waals surface area contributed by atoms with E-state index in [2.05, 4.69) is 44.6 Å². The number of carboxylic acids is 1. The van der Waals surface area contributed by atoms with Crippen molar-refractivity contribution in [2.75, 3.05) is 35.7 Å². The second kappa shape index (κ2) is 14.4. The number of nitrogens with zero attached hydrogens (tertiary/aromatic N) is 3. The minimum atomic E-state index is -5.08. The molecule has 2 amide bonds. The Morgan fingerprint density at radius 3 is 2.21 bits per heavy atom. The van der Waals surface area contributed by atoms with Gasteiger partial charge in [0.05, 0.1) is 0 Å². The van der Waals surface area contributed by atoms with Gasteiger partial charge in [0.15, 0.2) is 0 Å². The predicted molar refractivity (Wildman–Crippen MR) is 155 cm³/mol. The maximum Gasteiger partial charge on any atom is 0.490 e. The molecule has 224 valence electrons. The average molecular weight is 586 g/mol. The van der Waals surface area contributed by atoms with Crippen molar-refractivity contribution in [2.24, 2.45) is 0 Å². The van der Waals surface area contributed by atoms with Crippen LogP contribution in [0.5, 0.6) is 0 Å². The maximum absolute atomic E-state index is 12.6. The molecule has 1 fully saturated rings. The van der Waals surface area contributed by atoms with Crippen molar-refractivity contribution in [1.29, 1.82) is 0 Å². The number of aryl methyl sites for hydroxylation is 1. The first kappa shape index (κ1) is 32.1. The first-order valence-electron chi connectivity index (χ1n) is 13.3. The maximum atomic E-state index is 12.6. The summed E-state index contributed by atoms with van der Waals surface area (Å²) in [6, 6.07) is 19.9. The second-order valence-electron chi connectivity index (χ2n) is 10.0. The van der Waals surface area contributed by atoms with Crippen LogP contribution in [0.2, 0.25) is 0 Å². The number of rotatable bonds is 7. The molecule has 2 aromatic carbocycles. The fourth-order valence-electron chi connectivity index (χ4n) is 4.51. The van der Waals surface area contributed by atoms with Gasteiger partial charge in [-0.15, -0.1) is 0 Å². The number of aromatic nitrogens is 1. The zero-order chi connectivity index (χ0) is 30.9. The Hall–Kier alpha value is -4.45. The third-order valence-corrected chi connectivity index (χ3v) is 6.64. The Balaban J connectivity index is 0.000000616. The van der Waals surface area contributed by atoms with Crippen LogP contribution in [-0.4, -0.2) is 65.1 Å². The lowest BCUT2D eigenvalue weighted by molar-refractivity contribution is -0.192. The van der Waals surface area contributed by atoms with Crippen LogP contribution >= 0.6 is 0 Å². The highest BCUT2D eigenvalue weighted by Gasteiger charge is 2.38. The smallest absolute Gasteiger partial charge is 0.475 e. The quantitative estimate of drug-likeness (QED) is 0.343. The van der Waals surface area contributed by atoms with E-state index in [4.69, 9.17) is 9.90 Å². The molecule has 0 spiro atoms. The molecular weight excluding hydrogens is 551 g/mol. The molecule has 1 aliphatic heterocycles. The summed E-state index contributed by atoms with van der Waals surface area (Å²) in [5, 5.41) is 12.9. The topological polar surface area (TPSA) is 115 Å². The van der Waals surface area contributed by atoms with E-state index < -0.39 is 12.1 Å². The molecule has 2 heterocycles. The van der Waals surface area contributed by atoms with Crippen LogP contribution in [0.25, 0.3) is 0 Å². The van der Waals surface area contributed by atoms with Crippen molar-refractivity contribution < 1.29 is 32.7 Å². The fraction of sp³-hybridized carbons (Fsp3) is 0.333. The molecular formula is C30H34F3N5O4. The van der Waals surface area contributed by atoms with E-state index in [0.717, 1.165) is 55.2 Å². The van der Waals surface area contributed by atoms with E-state index in [0.29, 0.717) is 11.6 Å². The average Bonchev–Trinajstić information content (AvgIpc) is 2.94. The first-order valence-corrected chi connectivity index (χ1v) is 13.3. The third kappa shape index (κ3) is 9.88. The SMILES string of the molecule is CC(=O)Nc1ccc(CN(C)C2CCN(c3cc(NC(=O)c4cccc(C)c4)ccn3)CC2)cc1.O=C(O)C(F)(F)F. The molecule has 0 aliphatic carbocycles. The molecule has 1 aromatic heterocycles. The van der Waals surface area contributed by atoms with Crippen molar-refractivity contribution in [2.45, 2.75) is 45.5 Å². The summed E-state index contributed by atoms with van der Waals surface area (Å²) in [5.41, 5.74) is 4.51. The van der Waals surface area contributed by atoms with E-state index in [1.807, 2.05) is 55.5 Å². The number of benzene rings is 2. The van der Waals surface area contributed by atoms with Crippen molar-refractivity contribution >= 4 is 35.0 Å². The summed E-state index contributed by atoms with van der Waals surface area (Å²) in [6.07, 6.45) is -1.24. The predicted octanol–water partition coefficient (Wildman–Crippen LogP) is 5.33. The summed E-state index contributed by atoms with van der Waals surface area (Å²) in [7, 11) is 2.17. The van der Waals surface area contributed by atoms with Gasteiger partial charge in [0.25, 0.3) is 5.91 Å². The summed E-state index contributed by atoms with van der Waals surface area (Å²) >= 11 is 0. The van der Waals surface area contributed by atoms with Gasteiger partial charge in [-0.1, -0.05) is 29.8 Å². The molecule has 3 N–H and O–H groups in total. The van der Waals surface area contributed by atoms with Crippen molar-refractivity contribution in [3.8, 4) is 0 Å². The minimum absolute atomic E-state index is 0.0599. The van der Waals surface area contributed by atoms with Crippen LogP contribution in [0.4, 0.5) is 30.4 Å². The van der Waals surface area contributed by atoms with Gasteiger partial charge in [0.1, 0.15) is 5.82 Å². The number of nitrogens with one attached hydrogen (secondary N) is 2. The lowest BCUT2D eigenvalue weighted by Crippen LogP contribution is -2.43. The Morgan fingerprint density at radius 1 is 1.00 bits per heavy atom. The number of carbonyl (C=O) groups is 3. The first-order chi connectivity index (χ1) is 19.8. The Bertz CT molecular complexity index is 1370. The summed E-state index contributed by atoms with van der Waals surface area (Å²) in [4.78, 5) is 42.0. The number of amides is 2. The van der Waals surface area contributed by atoms with Crippen LogP contribution in [0, 0.1) is 6.92 Å². The molecule has 1 saturated heterocycles. The summed E-state index contributed by atoms with van der Waals surface area (Å²) < 4.78 is 31.7. The standard InChI is InChI=1S/C28H33N5O2.C2HF3O2/c1-20-5-4-6-23(17-20)28(35)31-25-11-14-29-27(18-25)33-15-12-26(13-16-33)32(3)19-22-7-9-24(10-8-22)30-21(2)34;3-2(4,5)1(6)7/h4-11,14,17-18,26H,12-13,15-16,19H2,1-3H3,(H,30,34)(H,29,31,35);(H,6,7). The van der Waals surface area contributed by atoms with E-state index in [1.54, 1.807) is 6.20 Å². The van der Waals surface area contributed by atoms with Gasteiger partial charge < -0.3 is 20.6 Å². The lowest BCUT2D eigenvalue weighted by atomic mass is 10.0. The highest BCUT2D eigenvalue weighted by atomic mass is 19.4. The number of hydrogen-bond acceptors (Lipinski definition) is 6. The summed E-state index contributed by atoms with van der Waals surface area (Å²) in [5.74, 6) is -2.04. The number of hydrogen-bond donors (Lipinski definition) is 3. The number of alkyl halides is 3. The van der Waals surface area contributed by atoms with Crippen LogP contribution in [0.1, 0.15) is 41.3 Å². The van der Waals surface area contributed by atoms with Gasteiger partial charge >= 0.3 is 12.1 Å². The molecule has 42 heavy (non-hydrogen) atoms. The van der Waals surface area contributed by atoms with Gasteiger partial charge in [-0.2, -0.15) is 13.2 Å². The number of carboxylic acid groups (broad SMARTS) is 1. The van der Waals surface area contributed by atoms with Crippen molar-refractivity contribution in [3.05, 3.63) is 83.6 Å². The Morgan fingerprint density at radius 2 is 1.64 bits per heavy atom. The highest BCUT2D eigenvalue weighted by Crippen LogP contribution is 2.24. The molecule has 1 aliphatic rings. The molecule has 0 unspecified atom stereocenters. The summed E-state index contributed by atoms with van der Waals surface area (Å²) in [6.45, 7) is 6.19. The molecule has 0 atom stereocenters. The largest absolute Gasteiger partial charge is 0.490 e. The second-order valence-corrected chi connectivity index (χ2v) is 10.0. The van der Waals surface area contributed by atoms with E-state index in [9.17, 15) is 22.8 Å². The number of aliphatic carboxylic acids is 1. The van der Waals surface area contributed by atoms with Gasteiger partial charge in [0, 0.05) is 61.8 Å². The van der Waals surface area contributed by atoms with E-state index in [1.165, 1.54) is 12.5 Å². The monoisotopic (exact) mass is 585 g/mol. The lowest BCUT2D eigenvalue weighted by Gasteiger charge is -2.37. The zero-order valence-corrected chi connectivity index (χ0v) is 23.6.